The first-order chi connectivity index (χ1) is 16.1. The number of para-hydroxylation sites is 1. The van der Waals surface area contributed by atoms with E-state index in [-0.39, 0.29) is 17.8 Å². The molecule has 3 rings (SSSR count). The average molecular weight is 471 g/mol. The number of nitrogens with one attached hydrogen (secondary N) is 2. The summed E-state index contributed by atoms with van der Waals surface area (Å²) in [6, 6.07) is 5.58. The van der Waals surface area contributed by atoms with Crippen LogP contribution in [0.15, 0.2) is 18.2 Å². The van der Waals surface area contributed by atoms with Crippen molar-refractivity contribution in [1.29, 1.82) is 0 Å². The van der Waals surface area contributed by atoms with E-state index in [0.717, 1.165) is 29.7 Å². The van der Waals surface area contributed by atoms with Gasteiger partial charge in [-0.3, -0.25) is 9.59 Å². The minimum atomic E-state index is -0.859. The Morgan fingerprint density at radius 3 is 2.38 bits per heavy atom. The Hall–Kier alpha value is -2.57. The molecule has 1 spiro atoms. The second-order valence-electron chi connectivity index (χ2n) is 10.5. The summed E-state index contributed by atoms with van der Waals surface area (Å²) in [6.07, 6.45) is 3.19. The van der Waals surface area contributed by atoms with E-state index in [1.54, 1.807) is 4.90 Å². The minimum Gasteiger partial charge on any atom is -0.342 e. The van der Waals surface area contributed by atoms with Gasteiger partial charge in [0.15, 0.2) is 0 Å². The number of piperazine rings is 1. The summed E-state index contributed by atoms with van der Waals surface area (Å²) >= 11 is 0. The van der Waals surface area contributed by atoms with Crippen molar-refractivity contribution in [3.63, 3.8) is 0 Å². The molecule has 1 unspecified atom stereocenters. The smallest absolute Gasteiger partial charge is 0.321 e. The van der Waals surface area contributed by atoms with Crippen molar-refractivity contribution >= 4 is 23.5 Å². The maximum atomic E-state index is 13.3. The van der Waals surface area contributed by atoms with Crippen LogP contribution in [0.3, 0.4) is 0 Å². The summed E-state index contributed by atoms with van der Waals surface area (Å²) in [7, 11) is 0. The molecule has 34 heavy (non-hydrogen) atoms. The maximum Gasteiger partial charge on any atom is 0.321 e. The minimum absolute atomic E-state index is 0.0199. The molecule has 2 aliphatic rings. The Labute approximate surface area is 204 Å². The molecule has 188 valence electrons. The van der Waals surface area contributed by atoms with Crippen LogP contribution in [0.2, 0.25) is 0 Å². The van der Waals surface area contributed by atoms with Gasteiger partial charge in [0.25, 0.3) is 0 Å². The third-order valence-corrected chi connectivity index (χ3v) is 7.26. The number of likely N-dealkylation sites (tertiary alicyclic amines) is 1. The van der Waals surface area contributed by atoms with E-state index in [4.69, 9.17) is 0 Å². The first-order valence-electron chi connectivity index (χ1n) is 12.9. The SMILES string of the molecule is CCCN1C(=O)C(CC(C)C)NC(=O)C12CCN(C(=O)Nc1c(CC)cccc1C(C)C)CC2. The Kier molecular flexibility index (Phi) is 8.26. The normalized spacial score (nSPS) is 20.3. The van der Waals surface area contributed by atoms with Gasteiger partial charge in [0.2, 0.25) is 11.8 Å². The average Bonchev–Trinajstić information content (AvgIpc) is 2.80. The largest absolute Gasteiger partial charge is 0.342 e. The Balaban J connectivity index is 1.76. The molecule has 0 aliphatic carbocycles. The summed E-state index contributed by atoms with van der Waals surface area (Å²) in [4.78, 5) is 43.5. The van der Waals surface area contributed by atoms with Crippen LogP contribution in [0.5, 0.6) is 0 Å². The van der Waals surface area contributed by atoms with E-state index in [1.165, 1.54) is 0 Å². The number of piperidine rings is 1. The van der Waals surface area contributed by atoms with Crippen molar-refractivity contribution < 1.29 is 14.4 Å². The monoisotopic (exact) mass is 470 g/mol. The summed E-state index contributed by atoms with van der Waals surface area (Å²) in [5.41, 5.74) is 2.29. The number of rotatable bonds is 7. The van der Waals surface area contributed by atoms with Gasteiger partial charge in [-0.25, -0.2) is 4.79 Å². The Morgan fingerprint density at radius 1 is 1.15 bits per heavy atom. The lowest BCUT2D eigenvalue weighted by Crippen LogP contribution is -2.73. The molecule has 2 saturated heterocycles. The number of amides is 4. The predicted molar refractivity (Wildman–Crippen MR) is 136 cm³/mol. The third kappa shape index (κ3) is 5.08. The van der Waals surface area contributed by atoms with Crippen molar-refractivity contribution in [3.05, 3.63) is 29.3 Å². The molecule has 2 fully saturated rings. The lowest BCUT2D eigenvalue weighted by molar-refractivity contribution is -0.161. The molecule has 4 amide bonds. The van der Waals surface area contributed by atoms with Crippen LogP contribution in [-0.4, -0.2) is 58.9 Å². The Morgan fingerprint density at radius 2 is 1.82 bits per heavy atom. The summed E-state index contributed by atoms with van der Waals surface area (Å²) in [6.45, 7) is 13.9. The first kappa shape index (κ1) is 26.0. The van der Waals surface area contributed by atoms with Gasteiger partial charge in [-0.15, -0.1) is 0 Å². The lowest BCUT2D eigenvalue weighted by atomic mass is 9.81. The summed E-state index contributed by atoms with van der Waals surface area (Å²) < 4.78 is 0. The molecule has 0 saturated carbocycles. The number of nitrogens with zero attached hydrogens (tertiary/aromatic N) is 2. The molecular formula is C27H42N4O3. The van der Waals surface area contributed by atoms with E-state index in [9.17, 15) is 14.4 Å². The molecule has 2 heterocycles. The van der Waals surface area contributed by atoms with Crippen molar-refractivity contribution in [2.45, 2.75) is 91.1 Å². The van der Waals surface area contributed by atoms with E-state index in [1.807, 2.05) is 17.9 Å². The molecule has 0 aromatic heterocycles. The van der Waals surface area contributed by atoms with Gasteiger partial charge in [0, 0.05) is 25.3 Å². The molecule has 0 bridgehead atoms. The quantitative estimate of drug-likeness (QED) is 0.615. The van der Waals surface area contributed by atoms with Crippen LogP contribution in [0.4, 0.5) is 10.5 Å². The topological polar surface area (TPSA) is 81.8 Å². The van der Waals surface area contributed by atoms with Gasteiger partial charge in [-0.1, -0.05) is 59.7 Å². The molecule has 1 aromatic rings. The standard InChI is InChI=1S/C27H42N4O3/c1-7-14-31-24(32)22(17-18(3)4)28-25(33)27(31)12-15-30(16-13-27)26(34)29-23-20(8-2)10-9-11-21(23)19(5)6/h9-11,18-19,22H,7-8,12-17H2,1-6H3,(H,28,33)(H,29,34). The fraction of sp³-hybridized carbons (Fsp3) is 0.667. The molecule has 1 atom stereocenters. The van der Waals surface area contributed by atoms with E-state index in [0.29, 0.717) is 50.7 Å². The van der Waals surface area contributed by atoms with Crippen LogP contribution < -0.4 is 10.6 Å². The van der Waals surface area contributed by atoms with E-state index < -0.39 is 11.6 Å². The number of anilines is 1. The van der Waals surface area contributed by atoms with E-state index in [2.05, 4.69) is 57.4 Å². The number of hydrogen-bond donors (Lipinski definition) is 2. The van der Waals surface area contributed by atoms with Gasteiger partial charge < -0.3 is 20.4 Å². The fourth-order valence-electron chi connectivity index (χ4n) is 5.37. The highest BCUT2D eigenvalue weighted by atomic mass is 16.2. The second kappa shape index (κ2) is 10.8. The van der Waals surface area contributed by atoms with Crippen LogP contribution in [0, 0.1) is 5.92 Å². The number of aryl methyl sites for hydroxylation is 1. The molecular weight excluding hydrogens is 428 g/mol. The van der Waals surface area contributed by atoms with Crippen molar-refractivity contribution in [2.75, 3.05) is 25.0 Å². The highest BCUT2D eigenvalue weighted by molar-refractivity contribution is 6.00. The highest BCUT2D eigenvalue weighted by Gasteiger charge is 2.53. The number of hydrogen-bond acceptors (Lipinski definition) is 3. The number of carbonyl (C=O) groups excluding carboxylic acids is 3. The summed E-state index contributed by atoms with van der Waals surface area (Å²) in [5.74, 6) is 0.569. The zero-order chi connectivity index (χ0) is 25.0. The number of urea groups is 1. The van der Waals surface area contributed by atoms with Gasteiger partial charge in [0.1, 0.15) is 11.6 Å². The van der Waals surface area contributed by atoms with E-state index >= 15 is 0 Å². The molecule has 2 N–H and O–H groups in total. The second-order valence-corrected chi connectivity index (χ2v) is 10.5. The van der Waals surface area contributed by atoms with Crippen molar-refractivity contribution in [2.24, 2.45) is 5.92 Å². The number of carbonyl (C=O) groups is 3. The predicted octanol–water partition coefficient (Wildman–Crippen LogP) is 4.52. The van der Waals surface area contributed by atoms with Gasteiger partial charge in [0.05, 0.1) is 0 Å². The summed E-state index contributed by atoms with van der Waals surface area (Å²) in [5, 5.41) is 6.18. The lowest BCUT2D eigenvalue weighted by Gasteiger charge is -2.51. The Bertz CT molecular complexity index is 903. The molecule has 0 radical (unpaired) electrons. The number of benzene rings is 1. The first-order valence-corrected chi connectivity index (χ1v) is 12.9. The molecule has 2 aliphatic heterocycles. The fourth-order valence-corrected chi connectivity index (χ4v) is 5.37. The van der Waals surface area contributed by atoms with Crippen LogP contribution in [0.25, 0.3) is 0 Å². The van der Waals surface area contributed by atoms with Crippen LogP contribution >= 0.6 is 0 Å². The van der Waals surface area contributed by atoms with Crippen molar-refractivity contribution in [1.82, 2.24) is 15.1 Å². The zero-order valence-corrected chi connectivity index (χ0v) is 21.7. The van der Waals surface area contributed by atoms with Gasteiger partial charge >= 0.3 is 6.03 Å². The van der Waals surface area contributed by atoms with Gasteiger partial charge in [-0.05, 0) is 55.1 Å². The third-order valence-electron chi connectivity index (χ3n) is 7.26. The highest BCUT2D eigenvalue weighted by Crippen LogP contribution is 2.35. The van der Waals surface area contributed by atoms with Crippen LogP contribution in [0.1, 0.15) is 84.3 Å². The molecule has 7 heteroatoms. The molecule has 7 nitrogen and oxygen atoms in total. The maximum absolute atomic E-state index is 13.3. The molecule has 1 aromatic carbocycles. The van der Waals surface area contributed by atoms with Crippen LogP contribution in [-0.2, 0) is 16.0 Å². The van der Waals surface area contributed by atoms with Gasteiger partial charge in [-0.2, -0.15) is 0 Å². The zero-order valence-electron chi connectivity index (χ0n) is 21.7. The van der Waals surface area contributed by atoms with Crippen molar-refractivity contribution in [3.8, 4) is 0 Å².